The van der Waals surface area contributed by atoms with Crippen LogP contribution in [0, 0.1) is 10.1 Å². The Balaban J connectivity index is 1.63. The molecule has 2 aromatic rings. The summed E-state index contributed by atoms with van der Waals surface area (Å²) < 4.78 is 5.34. The van der Waals surface area contributed by atoms with Crippen LogP contribution in [0.4, 0.5) is 5.69 Å². The lowest BCUT2D eigenvalue weighted by atomic mass is 10.1. The lowest BCUT2D eigenvalue weighted by Gasteiger charge is -2.25. The number of ether oxygens (including phenoxy) is 1. The van der Waals surface area contributed by atoms with Gasteiger partial charge in [0.05, 0.1) is 36.9 Å². The molecule has 1 aliphatic rings. The van der Waals surface area contributed by atoms with Crippen molar-refractivity contribution in [3.8, 4) is 0 Å². The topological polar surface area (TPSA) is 88.8 Å². The van der Waals surface area contributed by atoms with Crippen LogP contribution in [0.5, 0.6) is 0 Å². The zero-order chi connectivity index (χ0) is 19.4. The van der Waals surface area contributed by atoms with Crippen LogP contribution >= 0.6 is 22.9 Å². The number of amides is 1. The number of nitro groups is 1. The second kappa shape index (κ2) is 8.75. The van der Waals surface area contributed by atoms with Gasteiger partial charge in [-0.2, -0.15) is 0 Å². The summed E-state index contributed by atoms with van der Waals surface area (Å²) in [4.78, 5) is 31.3. The molecule has 0 N–H and O–H groups in total. The van der Waals surface area contributed by atoms with Crippen molar-refractivity contribution in [3.63, 3.8) is 0 Å². The first-order valence-electron chi connectivity index (χ1n) is 8.37. The van der Waals surface area contributed by atoms with Gasteiger partial charge in [-0.15, -0.1) is 11.3 Å². The Morgan fingerprint density at radius 1 is 1.44 bits per heavy atom. The molecule has 1 aromatic carbocycles. The molecule has 0 atom stereocenters. The minimum atomic E-state index is -0.600. The second-order valence-electron chi connectivity index (χ2n) is 6.21. The number of nitrogens with zero attached hydrogens (tertiary/aromatic N) is 4. The number of thiazole rings is 1. The van der Waals surface area contributed by atoms with Crippen molar-refractivity contribution in [2.24, 2.45) is 0 Å². The highest BCUT2D eigenvalue weighted by atomic mass is 35.5. The number of hydrogen-bond donors (Lipinski definition) is 0. The molecule has 0 radical (unpaired) electrons. The van der Waals surface area contributed by atoms with Crippen LogP contribution < -0.4 is 0 Å². The van der Waals surface area contributed by atoms with Crippen molar-refractivity contribution < 1.29 is 14.5 Å². The summed E-state index contributed by atoms with van der Waals surface area (Å²) in [5.74, 6) is -0.322. The van der Waals surface area contributed by atoms with Crippen molar-refractivity contribution in [2.75, 3.05) is 33.4 Å². The molecule has 0 aliphatic carbocycles. The first-order valence-corrected chi connectivity index (χ1v) is 9.62. The minimum absolute atomic E-state index is 0.00598. The standard InChI is InChI=1S/C17H19ClN4O4S/c1-20(17(23)12-2-3-14(18)15(8-12)22(24)25)9-13-11-27-16(19-13)10-21-4-6-26-7-5-21/h2-3,8,11H,4-7,9-10H2,1H3. The molecule has 1 amide bonds. The highest BCUT2D eigenvalue weighted by Gasteiger charge is 2.20. The molecule has 0 bridgehead atoms. The number of carbonyl (C=O) groups is 1. The lowest BCUT2D eigenvalue weighted by molar-refractivity contribution is -0.384. The molecule has 1 aromatic heterocycles. The van der Waals surface area contributed by atoms with Gasteiger partial charge in [0.2, 0.25) is 0 Å². The van der Waals surface area contributed by atoms with Gasteiger partial charge in [0, 0.05) is 37.1 Å². The van der Waals surface area contributed by atoms with Gasteiger partial charge in [0.15, 0.2) is 0 Å². The Morgan fingerprint density at radius 2 is 2.19 bits per heavy atom. The van der Waals surface area contributed by atoms with E-state index in [9.17, 15) is 14.9 Å². The Hall–Kier alpha value is -2.07. The van der Waals surface area contributed by atoms with Crippen molar-refractivity contribution >= 4 is 34.5 Å². The SMILES string of the molecule is CN(Cc1csc(CN2CCOCC2)n1)C(=O)c1ccc(Cl)c([N+](=O)[O-])c1. The molecule has 8 nitrogen and oxygen atoms in total. The third-order valence-electron chi connectivity index (χ3n) is 4.20. The molecule has 3 rings (SSSR count). The fourth-order valence-electron chi connectivity index (χ4n) is 2.77. The zero-order valence-corrected chi connectivity index (χ0v) is 16.3. The number of halogens is 1. The van der Waals surface area contributed by atoms with Gasteiger partial charge >= 0.3 is 0 Å². The monoisotopic (exact) mass is 410 g/mol. The van der Waals surface area contributed by atoms with Crippen LogP contribution in [0.15, 0.2) is 23.6 Å². The molecular weight excluding hydrogens is 392 g/mol. The van der Waals surface area contributed by atoms with E-state index in [0.29, 0.717) is 6.54 Å². The summed E-state index contributed by atoms with van der Waals surface area (Å²) >= 11 is 7.36. The molecule has 27 heavy (non-hydrogen) atoms. The Morgan fingerprint density at radius 3 is 2.89 bits per heavy atom. The van der Waals surface area contributed by atoms with Crippen molar-refractivity contribution in [1.29, 1.82) is 0 Å². The number of benzene rings is 1. The normalized spacial score (nSPS) is 14.9. The summed E-state index contributed by atoms with van der Waals surface area (Å²) in [6.07, 6.45) is 0. The van der Waals surface area contributed by atoms with E-state index in [4.69, 9.17) is 16.3 Å². The number of hydrogen-bond acceptors (Lipinski definition) is 7. The molecule has 1 fully saturated rings. The van der Waals surface area contributed by atoms with Gasteiger partial charge in [-0.25, -0.2) is 4.98 Å². The summed E-state index contributed by atoms with van der Waals surface area (Å²) in [5.41, 5.74) is 0.734. The fraction of sp³-hybridized carbons (Fsp3) is 0.412. The van der Waals surface area contributed by atoms with E-state index in [1.807, 2.05) is 5.38 Å². The molecule has 0 unspecified atom stereocenters. The molecule has 1 saturated heterocycles. The summed E-state index contributed by atoms with van der Waals surface area (Å²) in [6.45, 7) is 4.36. The average Bonchev–Trinajstić information content (AvgIpc) is 3.08. The van der Waals surface area contributed by atoms with Gasteiger partial charge in [-0.05, 0) is 12.1 Å². The second-order valence-corrected chi connectivity index (χ2v) is 7.56. The smallest absolute Gasteiger partial charge is 0.288 e. The van der Waals surface area contributed by atoms with E-state index >= 15 is 0 Å². The first kappa shape index (κ1) is 19.7. The number of carbonyl (C=O) groups excluding carboxylic acids is 1. The number of aromatic nitrogens is 1. The molecular formula is C17H19ClN4O4S. The van der Waals surface area contributed by atoms with E-state index in [1.54, 1.807) is 18.4 Å². The predicted molar refractivity (Wildman–Crippen MR) is 102 cm³/mol. The van der Waals surface area contributed by atoms with Crippen molar-refractivity contribution in [1.82, 2.24) is 14.8 Å². The first-order chi connectivity index (χ1) is 12.9. The van der Waals surface area contributed by atoms with Crippen LogP contribution in [-0.4, -0.2) is 59.0 Å². The van der Waals surface area contributed by atoms with Gasteiger partial charge in [0.25, 0.3) is 11.6 Å². The van der Waals surface area contributed by atoms with Gasteiger partial charge in [0.1, 0.15) is 10.0 Å². The number of morpholine rings is 1. The third-order valence-corrected chi connectivity index (χ3v) is 5.40. The Kier molecular flexibility index (Phi) is 6.38. The van der Waals surface area contributed by atoms with Gasteiger partial charge in [-0.1, -0.05) is 11.6 Å². The molecule has 0 spiro atoms. The molecule has 144 valence electrons. The molecule has 2 heterocycles. The molecule has 1 aliphatic heterocycles. The highest BCUT2D eigenvalue weighted by Crippen LogP contribution is 2.26. The Bertz CT molecular complexity index is 838. The van der Waals surface area contributed by atoms with Gasteiger partial charge in [-0.3, -0.25) is 19.8 Å². The number of rotatable bonds is 6. The summed E-state index contributed by atoms with van der Waals surface area (Å²) in [5, 5.41) is 13.9. The Labute approximate surface area is 165 Å². The van der Waals surface area contributed by atoms with E-state index in [1.165, 1.54) is 23.1 Å². The van der Waals surface area contributed by atoms with E-state index < -0.39 is 4.92 Å². The summed E-state index contributed by atoms with van der Waals surface area (Å²) in [6, 6.07) is 4.05. The largest absolute Gasteiger partial charge is 0.379 e. The highest BCUT2D eigenvalue weighted by molar-refractivity contribution is 7.09. The van der Waals surface area contributed by atoms with E-state index in [0.717, 1.165) is 43.5 Å². The van der Waals surface area contributed by atoms with Crippen LogP contribution in [-0.2, 0) is 17.8 Å². The maximum Gasteiger partial charge on any atom is 0.288 e. The minimum Gasteiger partial charge on any atom is -0.379 e. The predicted octanol–water partition coefficient (Wildman–Crippen LogP) is 2.81. The fourth-order valence-corrected chi connectivity index (χ4v) is 3.78. The van der Waals surface area contributed by atoms with Crippen LogP contribution in [0.1, 0.15) is 21.1 Å². The molecule has 0 saturated carbocycles. The quantitative estimate of drug-likeness (QED) is 0.537. The maximum absolute atomic E-state index is 12.6. The summed E-state index contributed by atoms with van der Waals surface area (Å²) in [7, 11) is 1.64. The van der Waals surface area contributed by atoms with Crippen LogP contribution in [0.2, 0.25) is 5.02 Å². The average molecular weight is 411 g/mol. The maximum atomic E-state index is 12.6. The van der Waals surface area contributed by atoms with Crippen molar-refractivity contribution in [2.45, 2.75) is 13.1 Å². The van der Waals surface area contributed by atoms with Crippen molar-refractivity contribution in [3.05, 3.63) is 55.0 Å². The zero-order valence-electron chi connectivity index (χ0n) is 14.8. The molecule has 10 heteroatoms. The lowest BCUT2D eigenvalue weighted by Crippen LogP contribution is -2.35. The van der Waals surface area contributed by atoms with Crippen LogP contribution in [0.25, 0.3) is 0 Å². The number of nitro benzene ring substituents is 1. The van der Waals surface area contributed by atoms with E-state index in [-0.39, 0.29) is 22.2 Å². The van der Waals surface area contributed by atoms with Gasteiger partial charge < -0.3 is 9.64 Å². The third kappa shape index (κ3) is 5.01. The van der Waals surface area contributed by atoms with Crippen LogP contribution in [0.3, 0.4) is 0 Å². The van der Waals surface area contributed by atoms with E-state index in [2.05, 4.69) is 9.88 Å².